The number of carbonyl (C=O) groups excluding carboxylic acids is 2. The largest absolute Gasteiger partial charge is 0.483 e. The van der Waals surface area contributed by atoms with E-state index in [1.165, 1.54) is 6.92 Å². The van der Waals surface area contributed by atoms with Crippen molar-refractivity contribution in [2.24, 2.45) is 0 Å². The summed E-state index contributed by atoms with van der Waals surface area (Å²) in [6.07, 6.45) is 0. The van der Waals surface area contributed by atoms with Crippen LogP contribution in [-0.4, -0.2) is 18.3 Å². The third-order valence-corrected chi connectivity index (χ3v) is 2.96. The number of hydrogen-bond acceptors (Lipinski definition) is 3. The van der Waals surface area contributed by atoms with Gasteiger partial charge in [0.05, 0.1) is 5.56 Å². The minimum Gasteiger partial charge on any atom is -0.483 e. The Morgan fingerprint density at radius 3 is 2.38 bits per heavy atom. The first-order valence-electron chi connectivity index (χ1n) is 6.65. The lowest BCUT2D eigenvalue weighted by Gasteiger charge is -2.10. The highest BCUT2D eigenvalue weighted by Crippen LogP contribution is 2.18. The number of ketones is 1. The minimum absolute atomic E-state index is 0.0930. The number of hydrogen-bond donors (Lipinski definition) is 1. The molecule has 2 rings (SSSR count). The van der Waals surface area contributed by atoms with Crippen LogP contribution in [0.4, 0.5) is 5.69 Å². The Labute approximate surface area is 123 Å². The zero-order valence-electron chi connectivity index (χ0n) is 12.1. The molecule has 0 unspecified atom stereocenters. The second kappa shape index (κ2) is 6.70. The van der Waals surface area contributed by atoms with Gasteiger partial charge in [-0.3, -0.25) is 9.59 Å². The summed E-state index contributed by atoms with van der Waals surface area (Å²) in [5.41, 5.74) is 2.31. The molecular weight excluding hydrogens is 266 g/mol. The molecular formula is C17H17NO3. The SMILES string of the molecule is CC(=O)c1ccccc1OCC(=O)Nc1ccc(C)cc1. The van der Waals surface area contributed by atoms with E-state index in [4.69, 9.17) is 4.74 Å². The second-order valence-corrected chi connectivity index (χ2v) is 4.76. The van der Waals surface area contributed by atoms with Crippen molar-refractivity contribution in [1.82, 2.24) is 0 Å². The van der Waals surface area contributed by atoms with E-state index in [0.29, 0.717) is 17.0 Å². The molecule has 2 aromatic rings. The molecule has 0 radical (unpaired) electrons. The molecule has 0 spiro atoms. The van der Waals surface area contributed by atoms with Gasteiger partial charge in [-0.25, -0.2) is 0 Å². The van der Waals surface area contributed by atoms with Crippen LogP contribution in [0, 0.1) is 6.92 Å². The van der Waals surface area contributed by atoms with Crippen LogP contribution in [0.5, 0.6) is 5.75 Å². The summed E-state index contributed by atoms with van der Waals surface area (Å²) in [5.74, 6) is 0.0609. The van der Waals surface area contributed by atoms with Gasteiger partial charge in [-0.1, -0.05) is 29.8 Å². The Bertz CT molecular complexity index is 647. The Balaban J connectivity index is 1.95. The van der Waals surface area contributed by atoms with E-state index in [9.17, 15) is 9.59 Å². The zero-order chi connectivity index (χ0) is 15.2. The van der Waals surface area contributed by atoms with E-state index in [2.05, 4.69) is 5.32 Å². The molecule has 1 amide bonds. The van der Waals surface area contributed by atoms with Crippen LogP contribution in [0.1, 0.15) is 22.8 Å². The van der Waals surface area contributed by atoms with Gasteiger partial charge in [0.15, 0.2) is 12.4 Å². The fraction of sp³-hybridized carbons (Fsp3) is 0.176. The number of benzene rings is 2. The number of carbonyl (C=O) groups is 2. The smallest absolute Gasteiger partial charge is 0.262 e. The number of Topliss-reactive ketones (excluding diaryl/α,β-unsaturated/α-hetero) is 1. The lowest BCUT2D eigenvalue weighted by molar-refractivity contribution is -0.118. The molecule has 0 saturated heterocycles. The van der Waals surface area contributed by atoms with Crippen LogP contribution in [0.15, 0.2) is 48.5 Å². The normalized spacial score (nSPS) is 10.0. The summed E-state index contributed by atoms with van der Waals surface area (Å²) < 4.78 is 5.42. The summed E-state index contributed by atoms with van der Waals surface area (Å²) in [6, 6.07) is 14.4. The van der Waals surface area contributed by atoms with Crippen molar-refractivity contribution >= 4 is 17.4 Å². The quantitative estimate of drug-likeness (QED) is 0.857. The third-order valence-electron chi connectivity index (χ3n) is 2.96. The molecule has 4 nitrogen and oxygen atoms in total. The average Bonchev–Trinajstić information content (AvgIpc) is 2.48. The minimum atomic E-state index is -0.266. The molecule has 0 fully saturated rings. The van der Waals surface area contributed by atoms with Crippen molar-refractivity contribution in [3.05, 3.63) is 59.7 Å². The molecule has 0 bridgehead atoms. The fourth-order valence-electron chi connectivity index (χ4n) is 1.86. The van der Waals surface area contributed by atoms with Crippen LogP contribution >= 0.6 is 0 Å². The van der Waals surface area contributed by atoms with Crippen molar-refractivity contribution in [3.8, 4) is 5.75 Å². The molecule has 4 heteroatoms. The highest BCUT2D eigenvalue weighted by molar-refractivity contribution is 5.97. The van der Waals surface area contributed by atoms with Gasteiger partial charge in [0.2, 0.25) is 0 Å². The number of para-hydroxylation sites is 1. The molecule has 0 saturated carbocycles. The van der Waals surface area contributed by atoms with Crippen LogP contribution in [0.2, 0.25) is 0 Å². The standard InChI is InChI=1S/C17H17NO3/c1-12-7-9-14(10-8-12)18-17(20)11-21-16-6-4-3-5-15(16)13(2)19/h3-10H,11H2,1-2H3,(H,18,20). The van der Waals surface area contributed by atoms with Crippen molar-refractivity contribution in [2.45, 2.75) is 13.8 Å². The average molecular weight is 283 g/mol. The van der Waals surface area contributed by atoms with Crippen LogP contribution in [0.25, 0.3) is 0 Å². The lowest BCUT2D eigenvalue weighted by Crippen LogP contribution is -2.20. The number of ether oxygens (including phenoxy) is 1. The molecule has 108 valence electrons. The number of nitrogens with one attached hydrogen (secondary N) is 1. The van der Waals surface area contributed by atoms with E-state index in [-0.39, 0.29) is 18.3 Å². The Morgan fingerprint density at radius 1 is 1.05 bits per heavy atom. The molecule has 0 atom stereocenters. The summed E-state index contributed by atoms with van der Waals surface area (Å²) in [5, 5.41) is 2.74. The van der Waals surface area contributed by atoms with Crippen molar-refractivity contribution in [2.75, 3.05) is 11.9 Å². The number of aryl methyl sites for hydroxylation is 1. The fourth-order valence-corrected chi connectivity index (χ4v) is 1.86. The van der Waals surface area contributed by atoms with Crippen molar-refractivity contribution < 1.29 is 14.3 Å². The summed E-state index contributed by atoms with van der Waals surface area (Å²) >= 11 is 0. The van der Waals surface area contributed by atoms with Gasteiger partial charge in [-0.2, -0.15) is 0 Å². The predicted octanol–water partition coefficient (Wildman–Crippen LogP) is 3.22. The van der Waals surface area contributed by atoms with Gasteiger partial charge in [-0.05, 0) is 38.1 Å². The zero-order valence-corrected chi connectivity index (χ0v) is 12.1. The van der Waals surface area contributed by atoms with Gasteiger partial charge in [-0.15, -0.1) is 0 Å². The van der Waals surface area contributed by atoms with E-state index in [1.807, 2.05) is 31.2 Å². The van der Waals surface area contributed by atoms with Gasteiger partial charge in [0.1, 0.15) is 5.75 Å². The monoisotopic (exact) mass is 283 g/mol. The van der Waals surface area contributed by atoms with Gasteiger partial charge in [0, 0.05) is 5.69 Å². The van der Waals surface area contributed by atoms with Crippen molar-refractivity contribution in [1.29, 1.82) is 0 Å². The number of amides is 1. The Kier molecular flexibility index (Phi) is 4.72. The van der Waals surface area contributed by atoms with E-state index >= 15 is 0 Å². The highest BCUT2D eigenvalue weighted by atomic mass is 16.5. The topological polar surface area (TPSA) is 55.4 Å². The summed E-state index contributed by atoms with van der Waals surface area (Å²) in [6.45, 7) is 3.31. The van der Waals surface area contributed by atoms with Gasteiger partial charge in [0.25, 0.3) is 5.91 Å². The van der Waals surface area contributed by atoms with Crippen molar-refractivity contribution in [3.63, 3.8) is 0 Å². The molecule has 0 aromatic heterocycles. The van der Waals surface area contributed by atoms with Gasteiger partial charge >= 0.3 is 0 Å². The van der Waals surface area contributed by atoms with Crippen LogP contribution in [0.3, 0.4) is 0 Å². The number of rotatable bonds is 5. The summed E-state index contributed by atoms with van der Waals surface area (Å²) in [7, 11) is 0. The Hall–Kier alpha value is -2.62. The molecule has 0 aliphatic rings. The van der Waals surface area contributed by atoms with E-state index in [1.54, 1.807) is 24.3 Å². The van der Waals surface area contributed by atoms with Crippen LogP contribution in [-0.2, 0) is 4.79 Å². The highest BCUT2D eigenvalue weighted by Gasteiger charge is 2.09. The molecule has 0 heterocycles. The maximum Gasteiger partial charge on any atom is 0.262 e. The first-order chi connectivity index (χ1) is 10.1. The van der Waals surface area contributed by atoms with Crippen LogP contribution < -0.4 is 10.1 Å². The van der Waals surface area contributed by atoms with E-state index < -0.39 is 0 Å². The predicted molar refractivity (Wildman–Crippen MR) is 81.8 cm³/mol. The first-order valence-corrected chi connectivity index (χ1v) is 6.65. The number of anilines is 1. The molecule has 2 aromatic carbocycles. The molecule has 1 N–H and O–H groups in total. The first kappa shape index (κ1) is 14.8. The maximum absolute atomic E-state index is 11.8. The lowest BCUT2D eigenvalue weighted by atomic mass is 10.1. The maximum atomic E-state index is 11.8. The summed E-state index contributed by atoms with van der Waals surface area (Å²) in [4.78, 5) is 23.3. The molecule has 0 aliphatic heterocycles. The van der Waals surface area contributed by atoms with Gasteiger partial charge < -0.3 is 10.1 Å². The molecule has 21 heavy (non-hydrogen) atoms. The Morgan fingerprint density at radius 2 is 1.71 bits per heavy atom. The third kappa shape index (κ3) is 4.18. The second-order valence-electron chi connectivity index (χ2n) is 4.76. The van der Waals surface area contributed by atoms with E-state index in [0.717, 1.165) is 5.56 Å². The molecule has 0 aliphatic carbocycles.